The van der Waals surface area contributed by atoms with E-state index in [1.165, 1.54) is 0 Å². The molecule has 1 saturated heterocycles. The van der Waals surface area contributed by atoms with Crippen LogP contribution >= 0.6 is 12.6 Å². The number of ether oxygens (including phenoxy) is 1. The zero-order valence-corrected chi connectivity index (χ0v) is 8.26. The Morgan fingerprint density at radius 2 is 2.00 bits per heavy atom. The maximum Gasteiger partial charge on any atom is 0.0689 e. The summed E-state index contributed by atoms with van der Waals surface area (Å²) in [6.45, 7) is 1.39. The lowest BCUT2D eigenvalue weighted by Gasteiger charge is -2.22. The van der Waals surface area contributed by atoms with Gasteiger partial charge in [0.1, 0.15) is 0 Å². The standard InChI is InChI=1S/C10H13NOS/c11-10(5-6-12-7-10)8-1-3-9(13)4-2-8/h1-4,13H,5-7,11H2. The van der Waals surface area contributed by atoms with E-state index in [-0.39, 0.29) is 5.54 Å². The van der Waals surface area contributed by atoms with Crippen molar-refractivity contribution >= 4 is 12.6 Å². The Kier molecular flexibility index (Phi) is 2.32. The van der Waals surface area contributed by atoms with Gasteiger partial charge in [-0.1, -0.05) is 12.1 Å². The van der Waals surface area contributed by atoms with E-state index >= 15 is 0 Å². The second-order valence-corrected chi connectivity index (χ2v) is 4.02. The molecule has 0 amide bonds. The van der Waals surface area contributed by atoms with Crippen molar-refractivity contribution < 1.29 is 4.74 Å². The van der Waals surface area contributed by atoms with Gasteiger partial charge >= 0.3 is 0 Å². The van der Waals surface area contributed by atoms with Crippen molar-refractivity contribution in [1.29, 1.82) is 0 Å². The van der Waals surface area contributed by atoms with Crippen molar-refractivity contribution in [2.75, 3.05) is 13.2 Å². The summed E-state index contributed by atoms with van der Waals surface area (Å²) in [7, 11) is 0. The lowest BCUT2D eigenvalue weighted by Crippen LogP contribution is -2.36. The number of nitrogens with two attached hydrogens (primary N) is 1. The molecule has 1 fully saturated rings. The first kappa shape index (κ1) is 9.06. The van der Waals surface area contributed by atoms with E-state index in [0.717, 1.165) is 23.5 Å². The quantitative estimate of drug-likeness (QED) is 0.667. The van der Waals surface area contributed by atoms with Gasteiger partial charge in [-0.15, -0.1) is 12.6 Å². The average molecular weight is 195 g/mol. The molecule has 1 heterocycles. The van der Waals surface area contributed by atoms with E-state index in [1.54, 1.807) is 0 Å². The topological polar surface area (TPSA) is 35.2 Å². The van der Waals surface area contributed by atoms with Crippen molar-refractivity contribution in [1.82, 2.24) is 0 Å². The zero-order chi connectivity index (χ0) is 9.31. The molecule has 1 aromatic carbocycles. The predicted octanol–water partition coefficient (Wildman–Crippen LogP) is 1.55. The lowest BCUT2D eigenvalue weighted by atomic mass is 9.91. The molecule has 2 rings (SSSR count). The molecule has 0 bridgehead atoms. The Bertz CT molecular complexity index is 290. The molecule has 2 N–H and O–H groups in total. The monoisotopic (exact) mass is 195 g/mol. The van der Waals surface area contributed by atoms with Crippen LogP contribution in [0.1, 0.15) is 12.0 Å². The van der Waals surface area contributed by atoms with E-state index in [1.807, 2.05) is 24.3 Å². The van der Waals surface area contributed by atoms with E-state index in [2.05, 4.69) is 12.6 Å². The van der Waals surface area contributed by atoms with Crippen molar-refractivity contribution in [2.45, 2.75) is 16.9 Å². The molecule has 1 aromatic rings. The number of hydrogen-bond donors (Lipinski definition) is 2. The Hall–Kier alpha value is -0.510. The van der Waals surface area contributed by atoms with Crippen LogP contribution in [0.25, 0.3) is 0 Å². The van der Waals surface area contributed by atoms with Crippen LogP contribution in [-0.2, 0) is 10.3 Å². The fourth-order valence-electron chi connectivity index (χ4n) is 1.60. The fraction of sp³-hybridized carbons (Fsp3) is 0.400. The van der Waals surface area contributed by atoms with Crippen LogP contribution in [0.5, 0.6) is 0 Å². The summed E-state index contributed by atoms with van der Waals surface area (Å²) in [5.74, 6) is 0. The Morgan fingerprint density at radius 3 is 2.54 bits per heavy atom. The minimum Gasteiger partial charge on any atom is -0.379 e. The van der Waals surface area contributed by atoms with Gasteiger partial charge in [-0.2, -0.15) is 0 Å². The van der Waals surface area contributed by atoms with Crippen molar-refractivity contribution in [3.8, 4) is 0 Å². The van der Waals surface area contributed by atoms with Crippen molar-refractivity contribution in [3.63, 3.8) is 0 Å². The molecule has 2 nitrogen and oxygen atoms in total. The molecule has 0 aromatic heterocycles. The minimum atomic E-state index is -0.276. The Morgan fingerprint density at radius 1 is 1.31 bits per heavy atom. The van der Waals surface area contributed by atoms with Gasteiger partial charge in [-0.3, -0.25) is 0 Å². The highest BCUT2D eigenvalue weighted by Gasteiger charge is 2.31. The Labute approximate surface area is 83.5 Å². The summed E-state index contributed by atoms with van der Waals surface area (Å²) in [4.78, 5) is 0.964. The fourth-order valence-corrected chi connectivity index (χ4v) is 1.75. The molecule has 13 heavy (non-hydrogen) atoms. The maximum absolute atomic E-state index is 6.18. The molecule has 1 atom stereocenters. The second-order valence-electron chi connectivity index (χ2n) is 3.51. The molecular weight excluding hydrogens is 182 g/mol. The van der Waals surface area contributed by atoms with Gasteiger partial charge in [0.05, 0.1) is 12.1 Å². The van der Waals surface area contributed by atoms with Gasteiger partial charge in [0.15, 0.2) is 0 Å². The van der Waals surface area contributed by atoms with Crippen LogP contribution in [-0.4, -0.2) is 13.2 Å². The van der Waals surface area contributed by atoms with Crippen LogP contribution < -0.4 is 5.73 Å². The summed E-state index contributed by atoms with van der Waals surface area (Å²) in [5, 5.41) is 0. The molecule has 1 unspecified atom stereocenters. The smallest absolute Gasteiger partial charge is 0.0689 e. The molecule has 0 aliphatic carbocycles. The van der Waals surface area contributed by atoms with Gasteiger partial charge in [-0.05, 0) is 24.1 Å². The summed E-state index contributed by atoms with van der Waals surface area (Å²) in [6, 6.07) is 7.98. The number of rotatable bonds is 1. The van der Waals surface area contributed by atoms with E-state index in [9.17, 15) is 0 Å². The van der Waals surface area contributed by atoms with Gasteiger partial charge < -0.3 is 10.5 Å². The van der Waals surface area contributed by atoms with Crippen LogP contribution in [0.3, 0.4) is 0 Å². The van der Waals surface area contributed by atoms with Crippen LogP contribution in [0.15, 0.2) is 29.2 Å². The molecule has 1 aliphatic heterocycles. The summed E-state index contributed by atoms with van der Waals surface area (Å²) in [5.41, 5.74) is 7.05. The molecule has 0 saturated carbocycles. The number of hydrogen-bond acceptors (Lipinski definition) is 3. The molecule has 0 spiro atoms. The summed E-state index contributed by atoms with van der Waals surface area (Å²) in [6.07, 6.45) is 0.902. The van der Waals surface area contributed by atoms with Gasteiger partial charge in [0.2, 0.25) is 0 Å². The predicted molar refractivity (Wildman–Crippen MR) is 55.0 cm³/mol. The molecule has 0 radical (unpaired) electrons. The largest absolute Gasteiger partial charge is 0.379 e. The molecular formula is C10H13NOS. The first-order valence-corrected chi connectivity index (χ1v) is 4.82. The summed E-state index contributed by atoms with van der Waals surface area (Å²) < 4.78 is 5.30. The van der Waals surface area contributed by atoms with E-state index < -0.39 is 0 Å². The Balaban J connectivity index is 2.29. The maximum atomic E-state index is 6.18. The minimum absolute atomic E-state index is 0.276. The van der Waals surface area contributed by atoms with Crippen molar-refractivity contribution in [2.24, 2.45) is 5.73 Å². The molecule has 3 heteroatoms. The highest BCUT2D eigenvalue weighted by Crippen LogP contribution is 2.27. The highest BCUT2D eigenvalue weighted by molar-refractivity contribution is 7.80. The van der Waals surface area contributed by atoms with E-state index in [0.29, 0.717) is 6.61 Å². The zero-order valence-electron chi connectivity index (χ0n) is 7.36. The third kappa shape index (κ3) is 1.73. The van der Waals surface area contributed by atoms with Crippen LogP contribution in [0, 0.1) is 0 Å². The first-order valence-electron chi connectivity index (χ1n) is 4.37. The second kappa shape index (κ2) is 3.33. The molecule has 70 valence electrons. The SMILES string of the molecule is NC1(c2ccc(S)cc2)CCOC1. The van der Waals surface area contributed by atoms with Gasteiger partial charge in [-0.25, -0.2) is 0 Å². The van der Waals surface area contributed by atoms with Crippen LogP contribution in [0.4, 0.5) is 0 Å². The third-order valence-corrected chi connectivity index (χ3v) is 2.79. The molecule has 1 aliphatic rings. The summed E-state index contributed by atoms with van der Waals surface area (Å²) >= 11 is 4.23. The first-order chi connectivity index (χ1) is 6.21. The van der Waals surface area contributed by atoms with Gasteiger partial charge in [0.25, 0.3) is 0 Å². The highest BCUT2D eigenvalue weighted by atomic mass is 32.1. The lowest BCUT2D eigenvalue weighted by molar-refractivity contribution is 0.178. The van der Waals surface area contributed by atoms with E-state index in [4.69, 9.17) is 10.5 Å². The van der Waals surface area contributed by atoms with Crippen molar-refractivity contribution in [3.05, 3.63) is 29.8 Å². The average Bonchev–Trinajstić information content (AvgIpc) is 2.54. The normalized spacial score (nSPS) is 27.8. The number of benzene rings is 1. The van der Waals surface area contributed by atoms with Gasteiger partial charge in [0, 0.05) is 11.5 Å². The third-order valence-electron chi connectivity index (χ3n) is 2.49. The van der Waals surface area contributed by atoms with Crippen LogP contribution in [0.2, 0.25) is 0 Å². The number of thiol groups is 1.